The Morgan fingerprint density at radius 3 is 2.57 bits per heavy atom. The van der Waals surface area contributed by atoms with Gasteiger partial charge in [-0.05, 0) is 29.8 Å². The highest BCUT2D eigenvalue weighted by Crippen LogP contribution is 2.20. The average molecular weight is 318 g/mol. The van der Waals surface area contributed by atoms with Crippen LogP contribution in [0, 0.1) is 23.0 Å². The lowest BCUT2D eigenvalue weighted by atomic mass is 10.2. The van der Waals surface area contributed by atoms with Gasteiger partial charge in [0.05, 0.1) is 32.0 Å². The van der Waals surface area contributed by atoms with E-state index in [4.69, 9.17) is 14.7 Å². The van der Waals surface area contributed by atoms with E-state index < -0.39 is 11.6 Å². The summed E-state index contributed by atoms with van der Waals surface area (Å²) in [6.45, 7) is 0.886. The minimum atomic E-state index is -0.797. The number of methoxy groups -OCH3 is 1. The number of hydrogen-bond acceptors (Lipinski definition) is 4. The van der Waals surface area contributed by atoms with Gasteiger partial charge < -0.3 is 14.8 Å². The predicted molar refractivity (Wildman–Crippen MR) is 82.2 cm³/mol. The molecule has 0 aliphatic carbocycles. The minimum absolute atomic E-state index is 0.0557. The SMILES string of the molecule is COc1cccc(COCCNc2c(F)cc(C#N)cc2F)c1. The summed E-state index contributed by atoms with van der Waals surface area (Å²) in [6.07, 6.45) is 0. The Bertz CT molecular complexity index is 691. The van der Waals surface area contributed by atoms with Crippen molar-refractivity contribution in [3.8, 4) is 11.8 Å². The third-order valence-corrected chi connectivity index (χ3v) is 3.12. The third-order valence-electron chi connectivity index (χ3n) is 3.12. The maximum Gasteiger partial charge on any atom is 0.150 e. The second-order valence-electron chi connectivity index (χ2n) is 4.76. The Hall–Kier alpha value is -2.65. The van der Waals surface area contributed by atoms with Crippen LogP contribution in [0.1, 0.15) is 11.1 Å². The van der Waals surface area contributed by atoms with Crippen molar-refractivity contribution >= 4 is 5.69 Å². The molecule has 2 rings (SSSR count). The third kappa shape index (κ3) is 4.66. The number of nitrogens with zero attached hydrogens (tertiary/aromatic N) is 1. The number of ether oxygens (including phenoxy) is 2. The number of hydrogen-bond donors (Lipinski definition) is 1. The molecule has 4 nitrogen and oxygen atoms in total. The molecule has 0 amide bonds. The molecule has 0 radical (unpaired) electrons. The van der Waals surface area contributed by atoms with Crippen LogP contribution in [0.4, 0.5) is 14.5 Å². The Morgan fingerprint density at radius 2 is 1.91 bits per heavy atom. The van der Waals surface area contributed by atoms with Gasteiger partial charge in [0.15, 0.2) is 11.6 Å². The van der Waals surface area contributed by atoms with E-state index in [0.717, 1.165) is 23.4 Å². The van der Waals surface area contributed by atoms with Crippen LogP contribution in [0.3, 0.4) is 0 Å². The molecule has 0 aromatic heterocycles. The van der Waals surface area contributed by atoms with Crippen LogP contribution in [-0.2, 0) is 11.3 Å². The van der Waals surface area contributed by atoms with Crippen LogP contribution in [0.15, 0.2) is 36.4 Å². The molecule has 0 aliphatic rings. The summed E-state index contributed by atoms with van der Waals surface area (Å²) in [7, 11) is 1.59. The van der Waals surface area contributed by atoms with E-state index in [0.29, 0.717) is 6.61 Å². The van der Waals surface area contributed by atoms with Crippen molar-refractivity contribution in [1.82, 2.24) is 0 Å². The molecule has 2 aromatic carbocycles. The van der Waals surface area contributed by atoms with Crippen LogP contribution in [0.2, 0.25) is 0 Å². The van der Waals surface area contributed by atoms with Crippen molar-refractivity contribution in [3.63, 3.8) is 0 Å². The summed E-state index contributed by atoms with van der Waals surface area (Å²) in [5, 5.41) is 11.3. The van der Waals surface area contributed by atoms with Crippen LogP contribution in [-0.4, -0.2) is 20.3 Å². The van der Waals surface area contributed by atoms with Gasteiger partial charge in [-0.3, -0.25) is 0 Å². The average Bonchev–Trinajstić information content (AvgIpc) is 2.56. The lowest BCUT2D eigenvalue weighted by molar-refractivity contribution is 0.130. The van der Waals surface area contributed by atoms with Crippen molar-refractivity contribution in [2.45, 2.75) is 6.61 Å². The van der Waals surface area contributed by atoms with Gasteiger partial charge in [0.1, 0.15) is 11.4 Å². The molecule has 0 saturated heterocycles. The number of anilines is 1. The molecule has 0 atom stereocenters. The summed E-state index contributed by atoms with van der Waals surface area (Å²) in [4.78, 5) is 0. The highest BCUT2D eigenvalue weighted by Gasteiger charge is 2.10. The van der Waals surface area contributed by atoms with E-state index in [1.165, 1.54) is 0 Å². The molecule has 0 heterocycles. The van der Waals surface area contributed by atoms with Crippen molar-refractivity contribution in [2.75, 3.05) is 25.6 Å². The standard InChI is InChI=1S/C17H16F2N2O2/c1-22-14-4-2-3-12(7-14)11-23-6-5-21-17-15(18)8-13(10-20)9-16(17)19/h2-4,7-9,21H,5-6,11H2,1H3. The zero-order valence-corrected chi connectivity index (χ0v) is 12.6. The molecule has 0 unspecified atom stereocenters. The Labute approximate surface area is 133 Å². The largest absolute Gasteiger partial charge is 0.497 e. The van der Waals surface area contributed by atoms with Crippen molar-refractivity contribution in [3.05, 3.63) is 59.2 Å². The molecule has 0 saturated carbocycles. The summed E-state index contributed by atoms with van der Waals surface area (Å²) >= 11 is 0. The molecule has 2 aromatic rings. The predicted octanol–water partition coefficient (Wildman–Crippen LogP) is 3.47. The van der Waals surface area contributed by atoms with Gasteiger partial charge in [-0.25, -0.2) is 8.78 Å². The maximum absolute atomic E-state index is 13.6. The van der Waals surface area contributed by atoms with Crippen molar-refractivity contribution in [1.29, 1.82) is 5.26 Å². The first-order valence-electron chi connectivity index (χ1n) is 6.97. The van der Waals surface area contributed by atoms with E-state index in [9.17, 15) is 8.78 Å². The smallest absolute Gasteiger partial charge is 0.150 e. The Balaban J connectivity index is 1.81. The minimum Gasteiger partial charge on any atom is -0.497 e. The molecule has 0 fully saturated rings. The highest BCUT2D eigenvalue weighted by molar-refractivity contribution is 5.50. The quantitative estimate of drug-likeness (QED) is 0.794. The fraction of sp³-hybridized carbons (Fsp3) is 0.235. The topological polar surface area (TPSA) is 54.3 Å². The second-order valence-corrected chi connectivity index (χ2v) is 4.76. The zero-order valence-electron chi connectivity index (χ0n) is 12.6. The highest BCUT2D eigenvalue weighted by atomic mass is 19.1. The fourth-order valence-electron chi connectivity index (χ4n) is 2.01. The van der Waals surface area contributed by atoms with Gasteiger partial charge in [-0.2, -0.15) is 5.26 Å². The van der Waals surface area contributed by atoms with Gasteiger partial charge in [0, 0.05) is 6.54 Å². The summed E-state index contributed by atoms with van der Waals surface area (Å²) in [5.41, 5.74) is 0.633. The normalized spacial score (nSPS) is 10.2. The number of nitrogens with one attached hydrogen (secondary N) is 1. The molecular weight excluding hydrogens is 302 g/mol. The number of benzene rings is 2. The van der Waals surface area contributed by atoms with Crippen LogP contribution in [0.5, 0.6) is 5.75 Å². The molecule has 23 heavy (non-hydrogen) atoms. The van der Waals surface area contributed by atoms with Crippen LogP contribution >= 0.6 is 0 Å². The van der Waals surface area contributed by atoms with E-state index in [1.807, 2.05) is 24.3 Å². The first-order valence-corrected chi connectivity index (χ1v) is 6.97. The van der Waals surface area contributed by atoms with E-state index in [1.54, 1.807) is 13.2 Å². The van der Waals surface area contributed by atoms with E-state index in [-0.39, 0.29) is 24.4 Å². The Morgan fingerprint density at radius 1 is 1.17 bits per heavy atom. The van der Waals surface area contributed by atoms with Gasteiger partial charge in [-0.1, -0.05) is 12.1 Å². The maximum atomic E-state index is 13.6. The molecule has 1 N–H and O–H groups in total. The van der Waals surface area contributed by atoms with E-state index in [2.05, 4.69) is 5.32 Å². The monoisotopic (exact) mass is 318 g/mol. The number of halogens is 2. The van der Waals surface area contributed by atoms with Crippen molar-refractivity contribution < 1.29 is 18.3 Å². The summed E-state index contributed by atoms with van der Waals surface area (Å²) < 4.78 is 37.9. The molecule has 0 aliphatic heterocycles. The summed E-state index contributed by atoms with van der Waals surface area (Å²) in [5.74, 6) is -0.852. The van der Waals surface area contributed by atoms with Crippen LogP contribution in [0.25, 0.3) is 0 Å². The van der Waals surface area contributed by atoms with E-state index >= 15 is 0 Å². The van der Waals surface area contributed by atoms with Crippen LogP contribution < -0.4 is 10.1 Å². The molecule has 120 valence electrons. The lowest BCUT2D eigenvalue weighted by Crippen LogP contribution is -2.12. The molecular formula is C17H16F2N2O2. The molecule has 0 bridgehead atoms. The molecule has 6 heteroatoms. The van der Waals surface area contributed by atoms with Gasteiger partial charge >= 0.3 is 0 Å². The Kier molecular flexibility index (Phi) is 5.89. The molecule has 0 spiro atoms. The number of nitriles is 1. The lowest BCUT2D eigenvalue weighted by Gasteiger charge is -2.10. The van der Waals surface area contributed by atoms with Crippen molar-refractivity contribution in [2.24, 2.45) is 0 Å². The summed E-state index contributed by atoms with van der Waals surface area (Å²) in [6, 6.07) is 11.1. The van der Waals surface area contributed by atoms with Gasteiger partial charge in [0.2, 0.25) is 0 Å². The van der Waals surface area contributed by atoms with Gasteiger partial charge in [0.25, 0.3) is 0 Å². The van der Waals surface area contributed by atoms with Gasteiger partial charge in [-0.15, -0.1) is 0 Å². The first kappa shape index (κ1) is 16.7. The zero-order chi connectivity index (χ0) is 16.7. The number of rotatable bonds is 7. The first-order chi connectivity index (χ1) is 11.1. The fourth-order valence-corrected chi connectivity index (χ4v) is 2.01. The second kappa shape index (κ2) is 8.11.